The van der Waals surface area contributed by atoms with Gasteiger partial charge in [0, 0.05) is 69.5 Å². The smallest absolute Gasteiger partial charge is 0.154 e. The van der Waals surface area contributed by atoms with E-state index in [1.807, 2.05) is 6.07 Å². The highest BCUT2D eigenvalue weighted by Crippen LogP contribution is 2.27. The number of aromatic nitrogens is 3. The molecule has 176 valence electrons. The average molecular weight is 468 g/mol. The predicted octanol–water partition coefficient (Wildman–Crippen LogP) is 2.35. The number of morpholine rings is 1. The van der Waals surface area contributed by atoms with Gasteiger partial charge in [0.05, 0.1) is 23.9 Å². The normalized spacial score (nSPS) is 19.3. The van der Waals surface area contributed by atoms with E-state index < -0.39 is 0 Å². The van der Waals surface area contributed by atoms with Crippen LogP contribution in [0.3, 0.4) is 0 Å². The van der Waals surface area contributed by atoms with Gasteiger partial charge in [-0.05, 0) is 24.7 Å². The van der Waals surface area contributed by atoms with Gasteiger partial charge in [-0.2, -0.15) is 13.5 Å². The van der Waals surface area contributed by atoms with E-state index in [4.69, 9.17) is 9.72 Å². The van der Waals surface area contributed by atoms with Crippen molar-refractivity contribution in [2.45, 2.75) is 13.0 Å². The Morgan fingerprint density at radius 3 is 2.61 bits per heavy atom. The van der Waals surface area contributed by atoms with Crippen LogP contribution in [-0.2, 0) is 4.74 Å². The Balaban J connectivity index is 0.00000259. The lowest BCUT2D eigenvalue weighted by atomic mass is 10.1. The van der Waals surface area contributed by atoms with Gasteiger partial charge in [-0.25, -0.2) is 9.97 Å². The number of piperazine rings is 1. The molecule has 4 heterocycles. The van der Waals surface area contributed by atoms with Crippen molar-refractivity contribution >= 4 is 36.0 Å². The van der Waals surface area contributed by atoms with E-state index in [-0.39, 0.29) is 19.6 Å². The molecule has 1 aromatic carbocycles. The standard InChI is InChI=1S/C24H31N7O.H2S/c1-2-30-10-12-31(13-11-30)19-5-3-18(4-6-19)21-15-22-23(27-8-7-26-22)24(29-21)28-17-20-16-25-9-14-32-20;/h3-8,15,20,25H,2,9-14,16-17H2,1H3,(H,28,29);1H2. The van der Waals surface area contributed by atoms with Crippen molar-refractivity contribution in [3.8, 4) is 11.3 Å². The number of hydrogen-bond donors (Lipinski definition) is 2. The Morgan fingerprint density at radius 1 is 1.09 bits per heavy atom. The summed E-state index contributed by atoms with van der Waals surface area (Å²) in [4.78, 5) is 18.9. The van der Waals surface area contributed by atoms with E-state index in [1.54, 1.807) is 12.4 Å². The number of benzene rings is 1. The summed E-state index contributed by atoms with van der Waals surface area (Å²) in [5, 5.41) is 6.81. The van der Waals surface area contributed by atoms with Gasteiger partial charge in [-0.3, -0.25) is 4.98 Å². The predicted molar refractivity (Wildman–Crippen MR) is 139 cm³/mol. The summed E-state index contributed by atoms with van der Waals surface area (Å²) in [6.45, 7) is 10.9. The van der Waals surface area contributed by atoms with E-state index >= 15 is 0 Å². The van der Waals surface area contributed by atoms with Crippen molar-refractivity contribution in [3.63, 3.8) is 0 Å². The molecule has 8 nitrogen and oxygen atoms in total. The maximum atomic E-state index is 5.81. The Bertz CT molecular complexity index is 1030. The molecule has 5 rings (SSSR count). The van der Waals surface area contributed by atoms with E-state index in [2.05, 4.69) is 61.6 Å². The minimum atomic E-state index is 0. The first kappa shape index (κ1) is 23.7. The van der Waals surface area contributed by atoms with E-state index in [1.165, 1.54) is 5.69 Å². The van der Waals surface area contributed by atoms with Crippen LogP contribution in [0.15, 0.2) is 42.7 Å². The fourth-order valence-electron chi connectivity index (χ4n) is 4.37. The van der Waals surface area contributed by atoms with Gasteiger partial charge >= 0.3 is 0 Å². The Kier molecular flexibility index (Phi) is 7.97. The van der Waals surface area contributed by atoms with Crippen LogP contribution in [0.25, 0.3) is 22.3 Å². The molecule has 9 heteroatoms. The van der Waals surface area contributed by atoms with Gasteiger partial charge in [0.25, 0.3) is 0 Å². The molecule has 33 heavy (non-hydrogen) atoms. The van der Waals surface area contributed by atoms with Crippen molar-refractivity contribution in [2.75, 3.05) is 69.2 Å². The minimum Gasteiger partial charge on any atom is -0.374 e. The maximum absolute atomic E-state index is 5.81. The van der Waals surface area contributed by atoms with Gasteiger partial charge < -0.3 is 25.2 Å². The number of ether oxygens (including phenoxy) is 1. The molecule has 0 amide bonds. The van der Waals surface area contributed by atoms with Crippen LogP contribution in [0.5, 0.6) is 0 Å². The molecule has 1 unspecified atom stereocenters. The SMILES string of the molecule is CCN1CCN(c2ccc(-c3cc4nccnc4c(NCC4CNCCO4)n3)cc2)CC1.S. The summed E-state index contributed by atoms with van der Waals surface area (Å²) in [6, 6.07) is 10.7. The summed E-state index contributed by atoms with van der Waals surface area (Å²) in [6.07, 6.45) is 3.55. The summed E-state index contributed by atoms with van der Waals surface area (Å²) < 4.78 is 5.81. The summed E-state index contributed by atoms with van der Waals surface area (Å²) in [7, 11) is 0. The third kappa shape index (κ3) is 5.55. The Morgan fingerprint density at radius 2 is 1.88 bits per heavy atom. The second-order valence-electron chi connectivity index (χ2n) is 8.33. The fraction of sp³-hybridized carbons (Fsp3) is 0.458. The molecule has 0 aliphatic carbocycles. The van der Waals surface area contributed by atoms with E-state index in [9.17, 15) is 0 Å². The van der Waals surface area contributed by atoms with Crippen molar-refractivity contribution in [1.29, 1.82) is 0 Å². The van der Waals surface area contributed by atoms with Gasteiger partial charge in [0.15, 0.2) is 5.82 Å². The van der Waals surface area contributed by atoms with Crippen molar-refractivity contribution in [3.05, 3.63) is 42.7 Å². The number of nitrogens with zero attached hydrogens (tertiary/aromatic N) is 5. The zero-order chi connectivity index (χ0) is 21.8. The van der Waals surface area contributed by atoms with Gasteiger partial charge in [-0.1, -0.05) is 19.1 Å². The molecular weight excluding hydrogens is 434 g/mol. The van der Waals surface area contributed by atoms with Crippen LogP contribution in [0.4, 0.5) is 11.5 Å². The lowest BCUT2D eigenvalue weighted by Crippen LogP contribution is -2.46. The summed E-state index contributed by atoms with van der Waals surface area (Å²) >= 11 is 0. The maximum Gasteiger partial charge on any atom is 0.154 e. The van der Waals surface area contributed by atoms with E-state index in [0.717, 1.165) is 80.5 Å². The monoisotopic (exact) mass is 467 g/mol. The summed E-state index contributed by atoms with van der Waals surface area (Å²) in [5.41, 5.74) is 4.86. The third-order valence-electron chi connectivity index (χ3n) is 6.31. The van der Waals surface area contributed by atoms with Gasteiger partial charge in [0.1, 0.15) is 5.52 Å². The van der Waals surface area contributed by atoms with Crippen molar-refractivity contribution < 1.29 is 4.74 Å². The van der Waals surface area contributed by atoms with Crippen molar-refractivity contribution in [2.24, 2.45) is 0 Å². The fourth-order valence-corrected chi connectivity index (χ4v) is 4.37. The molecule has 0 bridgehead atoms. The average Bonchev–Trinajstić information content (AvgIpc) is 2.88. The second kappa shape index (κ2) is 11.1. The largest absolute Gasteiger partial charge is 0.374 e. The molecule has 2 aromatic heterocycles. The van der Waals surface area contributed by atoms with Crippen LogP contribution in [-0.4, -0.2) is 84.9 Å². The molecule has 2 aliphatic rings. The topological polar surface area (TPSA) is 78.4 Å². The number of pyridine rings is 1. The molecular formula is C24H33N7OS. The van der Waals surface area contributed by atoms with Crippen LogP contribution in [0.2, 0.25) is 0 Å². The van der Waals surface area contributed by atoms with Crippen LogP contribution >= 0.6 is 13.5 Å². The van der Waals surface area contributed by atoms with Crippen LogP contribution < -0.4 is 15.5 Å². The van der Waals surface area contributed by atoms with Gasteiger partial charge in [0.2, 0.25) is 0 Å². The van der Waals surface area contributed by atoms with Gasteiger partial charge in [-0.15, -0.1) is 0 Å². The molecule has 2 aliphatic heterocycles. The number of nitrogens with one attached hydrogen (secondary N) is 2. The molecule has 2 saturated heterocycles. The molecule has 0 spiro atoms. The molecule has 1 atom stereocenters. The molecule has 3 aromatic rings. The van der Waals surface area contributed by atoms with E-state index in [0.29, 0.717) is 6.54 Å². The Labute approximate surface area is 202 Å². The summed E-state index contributed by atoms with van der Waals surface area (Å²) in [5.74, 6) is 0.750. The molecule has 0 saturated carbocycles. The first-order chi connectivity index (χ1) is 15.8. The molecule has 2 fully saturated rings. The number of fused-ring (bicyclic) bond motifs is 1. The minimum absolute atomic E-state index is 0. The second-order valence-corrected chi connectivity index (χ2v) is 8.33. The van der Waals surface area contributed by atoms with Crippen molar-refractivity contribution in [1.82, 2.24) is 25.2 Å². The third-order valence-corrected chi connectivity index (χ3v) is 6.31. The quantitative estimate of drug-likeness (QED) is 0.572. The number of likely N-dealkylation sites (N-methyl/N-ethyl adjacent to an activating group) is 1. The zero-order valence-corrected chi connectivity index (χ0v) is 20.1. The number of anilines is 2. The highest BCUT2D eigenvalue weighted by Gasteiger charge is 2.17. The molecule has 2 N–H and O–H groups in total. The highest BCUT2D eigenvalue weighted by molar-refractivity contribution is 7.59. The zero-order valence-electron chi connectivity index (χ0n) is 19.1. The first-order valence-corrected chi connectivity index (χ1v) is 11.6. The number of rotatable bonds is 6. The first-order valence-electron chi connectivity index (χ1n) is 11.6. The van der Waals surface area contributed by atoms with Crippen LogP contribution in [0.1, 0.15) is 6.92 Å². The molecule has 0 radical (unpaired) electrons. The van der Waals surface area contributed by atoms with Crippen LogP contribution in [0, 0.1) is 0 Å². The lowest BCUT2D eigenvalue weighted by Gasteiger charge is -2.35. The Hall–Kier alpha value is -2.46. The lowest BCUT2D eigenvalue weighted by molar-refractivity contribution is 0.0372. The number of hydrogen-bond acceptors (Lipinski definition) is 8. The highest BCUT2D eigenvalue weighted by atomic mass is 32.1.